The Labute approximate surface area is 197 Å². The second-order valence-electron chi connectivity index (χ2n) is 9.52. The van der Waals surface area contributed by atoms with Gasteiger partial charge in [0.15, 0.2) is 0 Å². The van der Waals surface area contributed by atoms with E-state index in [1.165, 1.54) is 19.2 Å². The van der Waals surface area contributed by atoms with Gasteiger partial charge in [-0.15, -0.1) is 0 Å². The van der Waals surface area contributed by atoms with Gasteiger partial charge in [0.1, 0.15) is 5.82 Å². The number of hydrogen-bond donors (Lipinski definition) is 1. The third kappa shape index (κ3) is 6.54. The van der Waals surface area contributed by atoms with Gasteiger partial charge in [-0.3, -0.25) is 4.79 Å². The Kier molecular flexibility index (Phi) is 9.69. The average Bonchev–Trinajstić information content (AvgIpc) is 3.38. The molecule has 0 radical (unpaired) electrons. The maximum Gasteiger partial charge on any atom is 0.305 e. The van der Waals surface area contributed by atoms with Gasteiger partial charge in [0.25, 0.3) is 0 Å². The third-order valence-corrected chi connectivity index (χ3v) is 7.34. The normalized spacial score (nSPS) is 27.6. The zero-order valence-electron chi connectivity index (χ0n) is 20.0. The number of ether oxygens (including phenoxy) is 2. The van der Waals surface area contributed by atoms with Crippen molar-refractivity contribution in [3.8, 4) is 0 Å². The Hall–Kier alpha value is -1.98. The van der Waals surface area contributed by atoms with Crippen LogP contribution in [0, 0.1) is 17.7 Å². The number of fused-ring (bicyclic) bond motifs is 2. The van der Waals surface area contributed by atoms with Crippen LogP contribution in [0.15, 0.2) is 48.6 Å². The molecule has 0 unspecified atom stereocenters. The Morgan fingerprint density at radius 3 is 2.79 bits per heavy atom. The highest BCUT2D eigenvalue weighted by atomic mass is 19.1. The SMILES string of the molecule is CCCCC[C@@H](O)C=C[C@@H]1[C@@H](CC=CCCCC(=O)OC)[C@@]2(c3ccc(F)cc3)CO[C@@H]1C2. The lowest BCUT2D eigenvalue weighted by atomic mass is 9.69. The van der Waals surface area contributed by atoms with Crippen LogP contribution in [0.25, 0.3) is 0 Å². The van der Waals surface area contributed by atoms with Crippen molar-refractivity contribution >= 4 is 5.97 Å². The highest BCUT2D eigenvalue weighted by molar-refractivity contribution is 5.69. The number of aliphatic hydroxyl groups excluding tert-OH is 1. The smallest absolute Gasteiger partial charge is 0.305 e. The summed E-state index contributed by atoms with van der Waals surface area (Å²) in [6.45, 7) is 2.81. The quantitative estimate of drug-likeness (QED) is 0.228. The summed E-state index contributed by atoms with van der Waals surface area (Å²) in [6.07, 6.45) is 16.1. The van der Waals surface area contributed by atoms with E-state index in [0.29, 0.717) is 18.9 Å². The minimum absolute atomic E-state index is 0.117. The molecule has 182 valence electrons. The molecule has 1 saturated heterocycles. The van der Waals surface area contributed by atoms with E-state index in [-0.39, 0.29) is 29.2 Å². The fourth-order valence-corrected chi connectivity index (χ4v) is 5.49. The van der Waals surface area contributed by atoms with Gasteiger partial charge in [-0.25, -0.2) is 4.39 Å². The molecule has 2 fully saturated rings. The van der Waals surface area contributed by atoms with Crippen molar-refractivity contribution in [2.75, 3.05) is 13.7 Å². The van der Waals surface area contributed by atoms with Gasteiger partial charge in [0.2, 0.25) is 0 Å². The molecule has 1 saturated carbocycles. The molecule has 33 heavy (non-hydrogen) atoms. The molecule has 4 nitrogen and oxygen atoms in total. The number of allylic oxidation sites excluding steroid dienone is 2. The van der Waals surface area contributed by atoms with Gasteiger partial charge in [-0.2, -0.15) is 0 Å². The first-order valence-corrected chi connectivity index (χ1v) is 12.5. The molecule has 1 aromatic rings. The minimum Gasteiger partial charge on any atom is -0.469 e. The number of unbranched alkanes of at least 4 members (excludes halogenated alkanes) is 3. The van der Waals surface area contributed by atoms with E-state index >= 15 is 0 Å². The summed E-state index contributed by atoms with van der Waals surface area (Å²) < 4.78 is 24.5. The number of halogens is 1. The Morgan fingerprint density at radius 2 is 2.06 bits per heavy atom. The molecule has 1 aliphatic heterocycles. The van der Waals surface area contributed by atoms with Crippen molar-refractivity contribution in [1.82, 2.24) is 0 Å². The average molecular weight is 459 g/mol. The summed E-state index contributed by atoms with van der Waals surface area (Å²) in [6, 6.07) is 6.88. The molecule has 3 rings (SSSR count). The molecule has 5 heteroatoms. The number of aliphatic hydroxyl groups is 1. The fourth-order valence-electron chi connectivity index (χ4n) is 5.49. The van der Waals surface area contributed by atoms with E-state index in [0.717, 1.165) is 56.9 Å². The summed E-state index contributed by atoms with van der Waals surface area (Å²) in [7, 11) is 1.42. The van der Waals surface area contributed by atoms with E-state index in [2.05, 4.69) is 25.2 Å². The van der Waals surface area contributed by atoms with Crippen LogP contribution in [0.5, 0.6) is 0 Å². The van der Waals surface area contributed by atoms with Crippen molar-refractivity contribution in [3.05, 3.63) is 60.0 Å². The summed E-state index contributed by atoms with van der Waals surface area (Å²) >= 11 is 0. The van der Waals surface area contributed by atoms with Crippen LogP contribution in [-0.2, 0) is 19.7 Å². The number of carbonyl (C=O) groups is 1. The monoisotopic (exact) mass is 458 g/mol. The predicted molar refractivity (Wildman–Crippen MR) is 128 cm³/mol. The maximum absolute atomic E-state index is 13.6. The molecule has 1 aromatic carbocycles. The number of carbonyl (C=O) groups excluding carboxylic acids is 1. The Morgan fingerprint density at radius 1 is 1.27 bits per heavy atom. The largest absolute Gasteiger partial charge is 0.469 e. The first-order chi connectivity index (χ1) is 16.0. The number of esters is 1. The van der Waals surface area contributed by atoms with Crippen LogP contribution in [0.1, 0.15) is 70.3 Å². The number of benzene rings is 1. The maximum atomic E-state index is 13.6. The van der Waals surface area contributed by atoms with E-state index < -0.39 is 6.10 Å². The van der Waals surface area contributed by atoms with Gasteiger partial charge < -0.3 is 14.6 Å². The lowest BCUT2D eigenvalue weighted by Crippen LogP contribution is -2.39. The van der Waals surface area contributed by atoms with Crippen molar-refractivity contribution in [2.24, 2.45) is 11.8 Å². The van der Waals surface area contributed by atoms with Crippen LogP contribution < -0.4 is 0 Å². The molecular formula is C28H39FO4. The lowest BCUT2D eigenvalue weighted by molar-refractivity contribution is -0.140. The van der Waals surface area contributed by atoms with E-state index in [9.17, 15) is 14.3 Å². The van der Waals surface area contributed by atoms with Crippen molar-refractivity contribution in [1.29, 1.82) is 0 Å². The second kappa shape index (κ2) is 12.5. The molecule has 1 N–H and O–H groups in total. The zero-order valence-corrected chi connectivity index (χ0v) is 20.0. The molecule has 5 atom stereocenters. The van der Waals surface area contributed by atoms with Gasteiger partial charge in [0, 0.05) is 17.8 Å². The Balaban J connectivity index is 1.71. The summed E-state index contributed by atoms with van der Waals surface area (Å²) in [5.74, 6) is 0.130. The summed E-state index contributed by atoms with van der Waals surface area (Å²) in [5.41, 5.74) is 0.992. The fraction of sp³-hybridized carbons (Fsp3) is 0.607. The number of methoxy groups -OCH3 is 1. The first kappa shape index (κ1) is 25.6. The predicted octanol–water partition coefficient (Wildman–Crippen LogP) is 5.89. The highest BCUT2D eigenvalue weighted by Gasteiger charge is 2.58. The van der Waals surface area contributed by atoms with Gasteiger partial charge >= 0.3 is 5.97 Å². The van der Waals surface area contributed by atoms with Gasteiger partial charge in [0.05, 0.1) is 25.9 Å². The molecule has 0 amide bonds. The third-order valence-electron chi connectivity index (χ3n) is 7.34. The van der Waals surface area contributed by atoms with Gasteiger partial charge in [-0.05, 0) is 55.7 Å². The van der Waals surface area contributed by atoms with Crippen LogP contribution in [0.3, 0.4) is 0 Å². The van der Waals surface area contributed by atoms with Crippen LogP contribution >= 0.6 is 0 Å². The van der Waals surface area contributed by atoms with Gasteiger partial charge in [-0.1, -0.05) is 62.6 Å². The van der Waals surface area contributed by atoms with Crippen LogP contribution in [-0.4, -0.2) is 37.0 Å². The van der Waals surface area contributed by atoms with E-state index in [1.54, 1.807) is 0 Å². The molecule has 0 aromatic heterocycles. The highest BCUT2D eigenvalue weighted by Crippen LogP contribution is 2.57. The molecule has 2 bridgehead atoms. The second-order valence-corrected chi connectivity index (χ2v) is 9.52. The topological polar surface area (TPSA) is 55.8 Å². The number of rotatable bonds is 13. The summed E-state index contributed by atoms with van der Waals surface area (Å²) in [5, 5.41) is 10.4. The van der Waals surface area contributed by atoms with Crippen molar-refractivity contribution < 1.29 is 23.8 Å². The minimum atomic E-state index is -0.424. The van der Waals surface area contributed by atoms with Crippen molar-refractivity contribution in [2.45, 2.75) is 82.3 Å². The molecule has 2 aliphatic rings. The molecular weight excluding hydrogens is 419 g/mol. The molecule has 0 spiro atoms. The van der Waals surface area contributed by atoms with E-state index in [1.807, 2.05) is 18.2 Å². The molecule has 1 heterocycles. The van der Waals surface area contributed by atoms with Crippen molar-refractivity contribution in [3.63, 3.8) is 0 Å². The summed E-state index contributed by atoms with van der Waals surface area (Å²) in [4.78, 5) is 11.3. The molecule has 1 aliphatic carbocycles. The van der Waals surface area contributed by atoms with E-state index in [4.69, 9.17) is 9.47 Å². The zero-order chi connectivity index (χ0) is 23.7. The van der Waals surface area contributed by atoms with Crippen LogP contribution in [0.4, 0.5) is 4.39 Å². The van der Waals surface area contributed by atoms with Crippen LogP contribution in [0.2, 0.25) is 0 Å². The lowest BCUT2D eigenvalue weighted by Gasteiger charge is -2.38. The number of hydrogen-bond acceptors (Lipinski definition) is 4. The Bertz CT molecular complexity index is 803. The standard InChI is InChI=1S/C28H39FO4/c1-3-4-7-10-23(30)17-18-24-25(11-8-5-6-9-12-27(31)32-2)28(19-26(24)33-20-28)21-13-15-22(29)16-14-21/h5,8,13-18,23-26,30H,3-4,6-7,9-12,19-20H2,1-2H3/t23-,24-,25-,26-,28-/m1/s1. The first-order valence-electron chi connectivity index (χ1n) is 12.5.